The van der Waals surface area contributed by atoms with Gasteiger partial charge in [-0.05, 0) is 12.1 Å². The molecule has 0 unspecified atom stereocenters. The molecular weight excluding hydrogens is 192 g/mol. The summed E-state index contributed by atoms with van der Waals surface area (Å²) in [6, 6.07) is 9.45. The highest BCUT2D eigenvalue weighted by atomic mass is 16.4. The molecular formula is C11H8N2O2. The van der Waals surface area contributed by atoms with E-state index in [9.17, 15) is 4.79 Å². The largest absolute Gasteiger partial charge is 0.477 e. The summed E-state index contributed by atoms with van der Waals surface area (Å²) in [7, 11) is 0. The summed E-state index contributed by atoms with van der Waals surface area (Å²) >= 11 is 0. The SMILES string of the molecule is O=C(O)c1cc2c([nH]1)[nH]c1ccccc12. The molecule has 3 rings (SSSR count). The number of aromatic amines is 2. The predicted octanol–water partition coefficient (Wildman–Crippen LogP) is 2.35. The Kier molecular flexibility index (Phi) is 1.42. The van der Waals surface area contributed by atoms with Crippen LogP contribution in [0.4, 0.5) is 0 Å². The molecule has 0 fully saturated rings. The van der Waals surface area contributed by atoms with Gasteiger partial charge in [0.2, 0.25) is 0 Å². The first kappa shape index (κ1) is 8.11. The number of hydrogen-bond donors (Lipinski definition) is 3. The Bertz CT molecular complexity index is 663. The van der Waals surface area contributed by atoms with Gasteiger partial charge in [-0.3, -0.25) is 0 Å². The highest BCUT2D eigenvalue weighted by Crippen LogP contribution is 2.25. The summed E-state index contributed by atoms with van der Waals surface area (Å²) in [5.74, 6) is -0.941. The van der Waals surface area contributed by atoms with E-state index in [1.165, 1.54) is 0 Å². The van der Waals surface area contributed by atoms with Gasteiger partial charge in [-0.25, -0.2) is 4.79 Å². The molecule has 3 aromatic rings. The first-order valence-electron chi connectivity index (χ1n) is 4.58. The number of fused-ring (bicyclic) bond motifs is 3. The molecule has 0 radical (unpaired) electrons. The molecule has 2 heterocycles. The molecule has 0 saturated heterocycles. The number of aromatic nitrogens is 2. The van der Waals surface area contributed by atoms with Gasteiger partial charge in [-0.1, -0.05) is 18.2 Å². The minimum absolute atomic E-state index is 0.210. The third-order valence-electron chi connectivity index (χ3n) is 2.52. The minimum atomic E-state index is -0.941. The van der Waals surface area contributed by atoms with Crippen LogP contribution in [0.2, 0.25) is 0 Å². The first-order valence-corrected chi connectivity index (χ1v) is 4.58. The topological polar surface area (TPSA) is 68.9 Å². The van der Waals surface area contributed by atoms with Crippen LogP contribution in [-0.2, 0) is 0 Å². The molecule has 4 heteroatoms. The van der Waals surface area contributed by atoms with Crippen LogP contribution < -0.4 is 0 Å². The van der Waals surface area contributed by atoms with Crippen molar-refractivity contribution in [1.82, 2.24) is 9.97 Å². The van der Waals surface area contributed by atoms with Gasteiger partial charge < -0.3 is 15.1 Å². The normalized spacial score (nSPS) is 11.2. The number of rotatable bonds is 1. The standard InChI is InChI=1S/C11H8N2O2/c14-11(15)9-5-7-6-3-1-2-4-8(6)12-10(7)13-9/h1-5,12-13H,(H,14,15). The molecule has 2 aromatic heterocycles. The maximum absolute atomic E-state index is 10.8. The summed E-state index contributed by atoms with van der Waals surface area (Å²) in [6.45, 7) is 0. The molecule has 3 N–H and O–H groups in total. The Hall–Kier alpha value is -2.23. The molecule has 0 atom stereocenters. The maximum atomic E-state index is 10.8. The fourth-order valence-electron chi connectivity index (χ4n) is 1.84. The van der Waals surface area contributed by atoms with Crippen molar-refractivity contribution >= 4 is 27.9 Å². The minimum Gasteiger partial charge on any atom is -0.477 e. The number of carboxylic acids is 1. The van der Waals surface area contributed by atoms with E-state index < -0.39 is 5.97 Å². The number of hydrogen-bond acceptors (Lipinski definition) is 1. The second kappa shape index (κ2) is 2.63. The zero-order valence-corrected chi connectivity index (χ0v) is 7.74. The average Bonchev–Trinajstić information content (AvgIpc) is 2.73. The molecule has 0 amide bonds. The molecule has 4 nitrogen and oxygen atoms in total. The van der Waals surface area contributed by atoms with Crippen LogP contribution in [0.5, 0.6) is 0 Å². The van der Waals surface area contributed by atoms with Crippen molar-refractivity contribution in [2.45, 2.75) is 0 Å². The lowest BCUT2D eigenvalue weighted by Gasteiger charge is -1.88. The lowest BCUT2D eigenvalue weighted by atomic mass is 10.2. The molecule has 15 heavy (non-hydrogen) atoms. The third-order valence-corrected chi connectivity index (χ3v) is 2.52. The van der Waals surface area contributed by atoms with Crippen molar-refractivity contribution in [3.63, 3.8) is 0 Å². The fraction of sp³-hybridized carbons (Fsp3) is 0. The van der Waals surface area contributed by atoms with E-state index in [1.807, 2.05) is 24.3 Å². The number of carboxylic acid groups (broad SMARTS) is 1. The lowest BCUT2D eigenvalue weighted by molar-refractivity contribution is 0.0691. The monoisotopic (exact) mass is 200 g/mol. The van der Waals surface area contributed by atoms with E-state index in [0.29, 0.717) is 0 Å². The first-order chi connectivity index (χ1) is 7.25. The molecule has 0 bridgehead atoms. The molecule has 0 aliphatic rings. The Morgan fingerprint density at radius 3 is 2.73 bits per heavy atom. The van der Waals surface area contributed by atoms with Crippen LogP contribution >= 0.6 is 0 Å². The Labute approximate surface area is 84.5 Å². The molecule has 1 aromatic carbocycles. The zero-order valence-electron chi connectivity index (χ0n) is 7.74. The van der Waals surface area contributed by atoms with Crippen LogP contribution in [0.3, 0.4) is 0 Å². The number of benzene rings is 1. The van der Waals surface area contributed by atoms with Crippen molar-refractivity contribution in [3.8, 4) is 0 Å². The van der Waals surface area contributed by atoms with E-state index in [2.05, 4.69) is 9.97 Å². The molecule has 0 aliphatic carbocycles. The quantitative estimate of drug-likeness (QED) is 0.564. The molecule has 0 spiro atoms. The van der Waals surface area contributed by atoms with Crippen LogP contribution in [0.1, 0.15) is 10.5 Å². The Morgan fingerprint density at radius 1 is 1.13 bits per heavy atom. The van der Waals surface area contributed by atoms with Gasteiger partial charge in [0.1, 0.15) is 11.3 Å². The number of carbonyl (C=O) groups is 1. The molecule has 74 valence electrons. The van der Waals surface area contributed by atoms with Crippen molar-refractivity contribution in [3.05, 3.63) is 36.0 Å². The van der Waals surface area contributed by atoms with E-state index >= 15 is 0 Å². The van der Waals surface area contributed by atoms with Gasteiger partial charge in [0.05, 0.1) is 0 Å². The number of aromatic carboxylic acids is 1. The van der Waals surface area contributed by atoms with E-state index in [0.717, 1.165) is 21.9 Å². The predicted molar refractivity (Wildman–Crippen MR) is 57.1 cm³/mol. The van der Waals surface area contributed by atoms with Gasteiger partial charge in [-0.2, -0.15) is 0 Å². The van der Waals surface area contributed by atoms with E-state index in [1.54, 1.807) is 6.07 Å². The summed E-state index contributed by atoms with van der Waals surface area (Å²) in [4.78, 5) is 16.7. The highest BCUT2D eigenvalue weighted by Gasteiger charge is 2.11. The number of para-hydroxylation sites is 1. The van der Waals surface area contributed by atoms with Crippen molar-refractivity contribution in [2.24, 2.45) is 0 Å². The van der Waals surface area contributed by atoms with Gasteiger partial charge >= 0.3 is 5.97 Å². The lowest BCUT2D eigenvalue weighted by Crippen LogP contribution is -1.95. The van der Waals surface area contributed by atoms with E-state index in [4.69, 9.17) is 5.11 Å². The molecule has 0 saturated carbocycles. The zero-order chi connectivity index (χ0) is 10.4. The van der Waals surface area contributed by atoms with E-state index in [-0.39, 0.29) is 5.69 Å². The van der Waals surface area contributed by atoms with Crippen LogP contribution in [0.25, 0.3) is 21.9 Å². The number of H-pyrrole nitrogens is 2. The van der Waals surface area contributed by atoms with Crippen molar-refractivity contribution in [1.29, 1.82) is 0 Å². The van der Waals surface area contributed by atoms with Crippen molar-refractivity contribution in [2.75, 3.05) is 0 Å². The van der Waals surface area contributed by atoms with Gasteiger partial charge in [0.15, 0.2) is 0 Å². The summed E-state index contributed by atoms with van der Waals surface area (Å²) in [6.07, 6.45) is 0. The summed E-state index contributed by atoms with van der Waals surface area (Å²) < 4.78 is 0. The van der Waals surface area contributed by atoms with Gasteiger partial charge in [0, 0.05) is 16.3 Å². The highest BCUT2D eigenvalue weighted by molar-refractivity contribution is 6.08. The number of nitrogens with one attached hydrogen (secondary N) is 2. The second-order valence-corrected chi connectivity index (χ2v) is 3.45. The van der Waals surface area contributed by atoms with Crippen LogP contribution in [-0.4, -0.2) is 21.0 Å². The van der Waals surface area contributed by atoms with Crippen molar-refractivity contribution < 1.29 is 9.90 Å². The maximum Gasteiger partial charge on any atom is 0.352 e. The average molecular weight is 200 g/mol. The Balaban J connectivity index is 2.42. The third kappa shape index (κ3) is 1.05. The molecule has 0 aliphatic heterocycles. The van der Waals surface area contributed by atoms with Crippen LogP contribution in [0, 0.1) is 0 Å². The van der Waals surface area contributed by atoms with Gasteiger partial charge in [0.25, 0.3) is 0 Å². The van der Waals surface area contributed by atoms with Gasteiger partial charge in [-0.15, -0.1) is 0 Å². The Morgan fingerprint density at radius 2 is 1.93 bits per heavy atom. The summed E-state index contributed by atoms with van der Waals surface area (Å²) in [5, 5.41) is 10.8. The second-order valence-electron chi connectivity index (χ2n) is 3.45. The summed E-state index contributed by atoms with van der Waals surface area (Å²) in [5.41, 5.74) is 1.98. The fourth-order valence-corrected chi connectivity index (χ4v) is 1.84. The van der Waals surface area contributed by atoms with Crippen LogP contribution in [0.15, 0.2) is 30.3 Å². The smallest absolute Gasteiger partial charge is 0.352 e.